The van der Waals surface area contributed by atoms with Crippen LogP contribution >= 0.6 is 11.8 Å². The third-order valence-corrected chi connectivity index (χ3v) is 10.7. The Labute approximate surface area is 286 Å². The zero-order valence-corrected chi connectivity index (χ0v) is 28.9. The lowest BCUT2D eigenvalue weighted by Gasteiger charge is -2.35. The Morgan fingerprint density at radius 1 is 1.12 bits per heavy atom. The molecule has 49 heavy (non-hydrogen) atoms. The molecule has 16 heteroatoms. The fourth-order valence-electron chi connectivity index (χ4n) is 5.47. The topological polar surface area (TPSA) is 150 Å². The van der Waals surface area contributed by atoms with Crippen LogP contribution in [0.4, 0.5) is 4.39 Å². The molecule has 2 aromatic heterocycles. The first kappa shape index (κ1) is 35.9. The molecule has 3 atom stereocenters. The first-order chi connectivity index (χ1) is 23.3. The van der Waals surface area contributed by atoms with Crippen LogP contribution in [0.2, 0.25) is 0 Å². The largest absolute Gasteiger partial charge is 0.481 e. The lowest BCUT2D eigenvalue weighted by molar-refractivity contribution is -0.143. The van der Waals surface area contributed by atoms with Crippen LogP contribution in [0.15, 0.2) is 70.6 Å². The molecule has 0 radical (unpaired) electrons. The van der Waals surface area contributed by atoms with Crippen molar-refractivity contribution in [1.29, 1.82) is 0 Å². The molecule has 0 aliphatic carbocycles. The summed E-state index contributed by atoms with van der Waals surface area (Å²) in [5.41, 5.74) is -0.244. The van der Waals surface area contributed by atoms with E-state index in [4.69, 9.17) is 9.47 Å². The minimum absolute atomic E-state index is 0.00395. The van der Waals surface area contributed by atoms with Gasteiger partial charge >= 0.3 is 5.56 Å². The van der Waals surface area contributed by atoms with Gasteiger partial charge in [-0.3, -0.25) is 14.4 Å². The quantitative estimate of drug-likeness (QED) is 0.201. The molecule has 260 valence electrons. The highest BCUT2D eigenvalue weighted by Gasteiger charge is 2.30. The number of amides is 1. The number of ether oxygens (including phenoxy) is 2. The number of rotatable bonds is 12. The van der Waals surface area contributed by atoms with Crippen LogP contribution in [0.1, 0.15) is 35.5 Å². The number of hydrogen-bond donors (Lipinski definition) is 0. The summed E-state index contributed by atoms with van der Waals surface area (Å²) >= 11 is 0.525. The third-order valence-electron chi connectivity index (χ3n) is 7.82. The van der Waals surface area contributed by atoms with Crippen molar-refractivity contribution >= 4 is 44.9 Å². The number of aldehydes is 1. The highest BCUT2D eigenvalue weighted by Crippen LogP contribution is 2.28. The highest BCUT2D eigenvalue weighted by atomic mass is 32.2. The van der Waals surface area contributed by atoms with Crippen LogP contribution in [0.25, 0.3) is 5.78 Å². The molecule has 0 saturated carbocycles. The Hall–Kier alpha value is -4.38. The Bertz CT molecular complexity index is 2020. The number of imidazole rings is 1. The van der Waals surface area contributed by atoms with Crippen molar-refractivity contribution in [3.63, 3.8) is 0 Å². The van der Waals surface area contributed by atoms with E-state index < -0.39 is 31.8 Å². The fraction of sp³-hybridized carbons (Fsp3) is 0.364. The van der Waals surface area contributed by atoms with E-state index >= 15 is 0 Å². The molecule has 1 fully saturated rings. The molecule has 1 amide bonds. The first-order valence-corrected chi connectivity index (χ1v) is 17.7. The normalized spacial score (nSPS) is 17.3. The summed E-state index contributed by atoms with van der Waals surface area (Å²) in [6, 6.07) is 12.1. The number of fused-ring (bicyclic) bond motifs is 1. The van der Waals surface area contributed by atoms with Gasteiger partial charge in [0.1, 0.15) is 25.3 Å². The van der Waals surface area contributed by atoms with Crippen molar-refractivity contribution in [1.82, 2.24) is 23.2 Å². The van der Waals surface area contributed by atoms with Crippen molar-refractivity contribution in [3.05, 3.63) is 93.9 Å². The number of nitrogens with zero attached hydrogens (tertiary/aromatic N) is 5. The van der Waals surface area contributed by atoms with Gasteiger partial charge in [-0.2, -0.15) is 0 Å². The smallest absolute Gasteiger partial charge is 0.302 e. The van der Waals surface area contributed by atoms with Gasteiger partial charge in [-0.05, 0) is 43.5 Å². The van der Waals surface area contributed by atoms with Crippen molar-refractivity contribution in [2.45, 2.75) is 55.8 Å². The molecule has 0 N–H and O–H groups in total. The zero-order chi connectivity index (χ0) is 35.5. The predicted molar refractivity (Wildman–Crippen MR) is 180 cm³/mol. The van der Waals surface area contributed by atoms with Crippen LogP contribution in [0, 0.1) is 5.82 Å². The molecule has 1 aliphatic heterocycles. The summed E-state index contributed by atoms with van der Waals surface area (Å²) in [5, 5.41) is -1.94. The number of hydrogen-bond acceptors (Lipinski definition) is 10. The molecule has 2 aromatic carbocycles. The Kier molecular flexibility index (Phi) is 11.0. The standard InChI is InChI=1S/C33H36FN5O8S2/c1-21-16-38(17-22(2)47-21)28(41)18-37-12-13-39-31(42)30(46-20-23-8-6-5-7-9-23)29(35-33(37)39)32(43)48-26(19-40)14-24-10-11-25(34)15-27(24)49(44,45)36(3)4/h5-13,15,19,21-22,26H,14,16-18,20H2,1-4H3/t21-,22-,26?/m0/s1. The van der Waals surface area contributed by atoms with Gasteiger partial charge in [0.05, 0.1) is 22.4 Å². The van der Waals surface area contributed by atoms with Gasteiger partial charge in [-0.1, -0.05) is 48.2 Å². The second-order valence-electron chi connectivity index (χ2n) is 11.8. The first-order valence-electron chi connectivity index (χ1n) is 15.4. The predicted octanol–water partition coefficient (Wildman–Crippen LogP) is 2.78. The number of carbonyl (C=O) groups excluding carboxylic acids is 3. The summed E-state index contributed by atoms with van der Waals surface area (Å²) in [4.78, 5) is 59.0. The number of benzene rings is 2. The maximum Gasteiger partial charge on any atom is 0.302 e. The molecule has 0 bridgehead atoms. The zero-order valence-electron chi connectivity index (χ0n) is 27.3. The lowest BCUT2D eigenvalue weighted by Crippen LogP contribution is -2.49. The molecule has 1 unspecified atom stereocenters. The number of carbonyl (C=O) groups is 3. The molecule has 1 aliphatic rings. The van der Waals surface area contributed by atoms with Crippen LogP contribution in [-0.2, 0) is 43.9 Å². The van der Waals surface area contributed by atoms with E-state index in [-0.39, 0.29) is 65.4 Å². The Morgan fingerprint density at radius 3 is 2.47 bits per heavy atom. The lowest BCUT2D eigenvalue weighted by atomic mass is 10.1. The number of sulfonamides is 1. The Morgan fingerprint density at radius 2 is 1.82 bits per heavy atom. The van der Waals surface area contributed by atoms with Gasteiger partial charge in [0.15, 0.2) is 5.69 Å². The van der Waals surface area contributed by atoms with Gasteiger partial charge in [-0.25, -0.2) is 26.5 Å². The number of thioether (sulfide) groups is 1. The molecule has 4 aromatic rings. The second kappa shape index (κ2) is 15.0. The minimum Gasteiger partial charge on any atom is -0.481 e. The molecular weight excluding hydrogens is 678 g/mol. The van der Waals surface area contributed by atoms with Crippen molar-refractivity contribution in [2.75, 3.05) is 27.2 Å². The molecule has 13 nitrogen and oxygen atoms in total. The van der Waals surface area contributed by atoms with E-state index in [0.717, 1.165) is 16.4 Å². The average molecular weight is 714 g/mol. The summed E-state index contributed by atoms with van der Waals surface area (Å²) in [5.74, 6) is -1.37. The monoisotopic (exact) mass is 713 g/mol. The average Bonchev–Trinajstić information content (AvgIpc) is 3.46. The van der Waals surface area contributed by atoms with Crippen molar-refractivity contribution in [2.24, 2.45) is 0 Å². The van der Waals surface area contributed by atoms with Crippen molar-refractivity contribution < 1.29 is 36.7 Å². The van der Waals surface area contributed by atoms with Crippen molar-refractivity contribution in [3.8, 4) is 5.75 Å². The molecule has 0 spiro atoms. The van der Waals surface area contributed by atoms with Crippen LogP contribution < -0.4 is 10.3 Å². The summed E-state index contributed by atoms with van der Waals surface area (Å²) < 4.78 is 55.1. The number of morpholine rings is 1. The highest BCUT2D eigenvalue weighted by molar-refractivity contribution is 8.15. The van der Waals surface area contributed by atoms with E-state index in [2.05, 4.69) is 4.98 Å². The van der Waals surface area contributed by atoms with Gasteiger partial charge in [0.25, 0.3) is 0 Å². The third kappa shape index (κ3) is 8.09. The molecule has 5 rings (SSSR count). The van der Waals surface area contributed by atoms with E-state index in [0.29, 0.717) is 36.7 Å². The fourth-order valence-corrected chi connectivity index (χ4v) is 7.45. The van der Waals surface area contributed by atoms with Crippen LogP contribution in [0.3, 0.4) is 0 Å². The van der Waals surface area contributed by atoms with Gasteiger partial charge < -0.3 is 23.7 Å². The molecular formula is C33H36FN5O8S2. The van der Waals surface area contributed by atoms with Crippen LogP contribution in [0.5, 0.6) is 5.75 Å². The SMILES string of the molecule is C[C@H]1CN(C(=O)Cn2ccn3c(=O)c(OCc4ccccc4)c(C(=O)SC(C=O)Cc4ccc(F)cc4S(=O)(=O)N(C)C)nc23)C[C@H](C)O1. The summed E-state index contributed by atoms with van der Waals surface area (Å²) in [7, 11) is -1.50. The Balaban J connectivity index is 1.49. The van der Waals surface area contributed by atoms with E-state index in [1.54, 1.807) is 29.2 Å². The van der Waals surface area contributed by atoms with Gasteiger partial charge in [0.2, 0.25) is 32.6 Å². The summed E-state index contributed by atoms with van der Waals surface area (Å²) in [6.45, 7) is 4.30. The van der Waals surface area contributed by atoms with E-state index in [9.17, 15) is 32.0 Å². The molecule has 3 heterocycles. The minimum atomic E-state index is -4.09. The maximum absolute atomic E-state index is 14.1. The number of aromatic nitrogens is 3. The number of halogens is 1. The second-order valence-corrected chi connectivity index (χ2v) is 15.2. The maximum atomic E-state index is 14.1. The van der Waals surface area contributed by atoms with Gasteiger partial charge in [-0.15, -0.1) is 0 Å². The van der Waals surface area contributed by atoms with Crippen LogP contribution in [-0.4, -0.2) is 93.5 Å². The van der Waals surface area contributed by atoms with E-state index in [1.807, 2.05) is 19.9 Å². The summed E-state index contributed by atoms with van der Waals surface area (Å²) in [6.07, 6.45) is 2.85. The van der Waals surface area contributed by atoms with Gasteiger partial charge in [0, 0.05) is 39.6 Å². The van der Waals surface area contributed by atoms with E-state index in [1.165, 1.54) is 41.5 Å². The molecule has 1 saturated heterocycles.